The van der Waals surface area contributed by atoms with Crippen molar-refractivity contribution in [2.24, 2.45) is 0 Å². The van der Waals surface area contributed by atoms with Crippen molar-refractivity contribution in [1.82, 2.24) is 0 Å². The second-order valence-corrected chi connectivity index (χ2v) is 5.61. The molecule has 2 aromatic rings. The molecule has 0 N–H and O–H groups in total. The topological polar surface area (TPSA) is 18.5 Å². The molecule has 0 aliphatic carbocycles. The smallest absolute Gasteiger partial charge is 0.141 e. The average molecular weight is 337 g/mol. The number of ether oxygens (including phenoxy) is 2. The molecule has 0 aromatic heterocycles. The first-order valence-corrected chi connectivity index (χ1v) is 7.33. The predicted octanol–water partition coefficient (Wildman–Crippen LogP) is 4.53. The van der Waals surface area contributed by atoms with Crippen molar-refractivity contribution in [3.8, 4) is 11.5 Å². The maximum Gasteiger partial charge on any atom is 0.141 e. The summed E-state index contributed by atoms with van der Waals surface area (Å²) in [5.41, 5.74) is 1.16. The van der Waals surface area contributed by atoms with Gasteiger partial charge < -0.3 is 9.47 Å². The van der Waals surface area contributed by atoms with Crippen LogP contribution in [0.3, 0.4) is 0 Å². The van der Waals surface area contributed by atoms with Gasteiger partial charge in [0.25, 0.3) is 0 Å². The molecule has 0 spiro atoms. The van der Waals surface area contributed by atoms with Crippen LogP contribution < -0.4 is 9.47 Å². The number of para-hydroxylation sites is 1. The van der Waals surface area contributed by atoms with Crippen LogP contribution in [0.15, 0.2) is 46.9 Å². The average Bonchev–Trinajstić information content (AvgIpc) is 2.48. The van der Waals surface area contributed by atoms with E-state index in [0.29, 0.717) is 23.4 Å². The second-order valence-electron chi connectivity index (χ2n) is 4.76. The zero-order chi connectivity index (χ0) is 13.9. The molecule has 3 rings (SSSR count). The Morgan fingerprint density at radius 1 is 1.25 bits per heavy atom. The molecule has 1 heterocycles. The minimum atomic E-state index is -0.310. The van der Waals surface area contributed by atoms with Crippen molar-refractivity contribution in [1.29, 1.82) is 0 Å². The summed E-state index contributed by atoms with van der Waals surface area (Å²) in [7, 11) is 0. The largest absolute Gasteiger partial charge is 0.493 e. The first kappa shape index (κ1) is 13.4. The zero-order valence-electron chi connectivity index (χ0n) is 10.8. The van der Waals surface area contributed by atoms with E-state index in [1.165, 1.54) is 6.07 Å². The van der Waals surface area contributed by atoms with Crippen LogP contribution >= 0.6 is 15.9 Å². The predicted molar refractivity (Wildman–Crippen MR) is 78.9 cm³/mol. The lowest BCUT2D eigenvalue weighted by Crippen LogP contribution is -2.19. The molecule has 1 unspecified atom stereocenters. The third kappa shape index (κ3) is 2.80. The highest BCUT2D eigenvalue weighted by Crippen LogP contribution is 2.33. The van der Waals surface area contributed by atoms with Crippen LogP contribution in [0.2, 0.25) is 0 Å². The lowest BCUT2D eigenvalue weighted by atomic mass is 9.94. The first-order valence-electron chi connectivity index (χ1n) is 6.53. The molecule has 2 aromatic carbocycles. The first-order chi connectivity index (χ1) is 9.74. The summed E-state index contributed by atoms with van der Waals surface area (Å²) in [4.78, 5) is 0. The van der Waals surface area contributed by atoms with Crippen molar-refractivity contribution >= 4 is 15.9 Å². The molecule has 1 aliphatic heterocycles. The second kappa shape index (κ2) is 5.83. The third-order valence-corrected chi connectivity index (χ3v) is 4.07. The molecular formula is C16H14BrFO2. The summed E-state index contributed by atoms with van der Waals surface area (Å²) in [6.07, 6.45) is 0.913. The maximum absolute atomic E-state index is 13.4. The zero-order valence-corrected chi connectivity index (χ0v) is 12.4. The lowest BCUT2D eigenvalue weighted by molar-refractivity contribution is 0.217. The van der Waals surface area contributed by atoms with E-state index in [0.717, 1.165) is 17.7 Å². The van der Waals surface area contributed by atoms with Gasteiger partial charge in [0.1, 0.15) is 17.3 Å². The molecule has 0 saturated heterocycles. The van der Waals surface area contributed by atoms with E-state index in [1.807, 2.05) is 18.2 Å². The molecule has 0 radical (unpaired) electrons. The maximum atomic E-state index is 13.4. The molecule has 0 bridgehead atoms. The fraction of sp³-hybridized carbons (Fsp3) is 0.250. The Morgan fingerprint density at radius 3 is 2.95 bits per heavy atom. The van der Waals surface area contributed by atoms with Crippen LogP contribution in [0.4, 0.5) is 4.39 Å². The van der Waals surface area contributed by atoms with E-state index in [4.69, 9.17) is 9.47 Å². The van der Waals surface area contributed by atoms with Gasteiger partial charge in [0, 0.05) is 17.5 Å². The van der Waals surface area contributed by atoms with E-state index < -0.39 is 0 Å². The molecular weight excluding hydrogens is 323 g/mol. The summed E-state index contributed by atoms with van der Waals surface area (Å²) >= 11 is 3.13. The number of hydrogen-bond donors (Lipinski definition) is 0. The van der Waals surface area contributed by atoms with Gasteiger partial charge in [-0.1, -0.05) is 18.2 Å². The van der Waals surface area contributed by atoms with E-state index in [9.17, 15) is 4.39 Å². The molecule has 1 atom stereocenters. The molecule has 104 valence electrons. The Morgan fingerprint density at radius 2 is 2.10 bits per heavy atom. The van der Waals surface area contributed by atoms with Crippen LogP contribution in [0, 0.1) is 5.82 Å². The minimum Gasteiger partial charge on any atom is -0.493 e. The van der Waals surface area contributed by atoms with Crippen molar-refractivity contribution < 1.29 is 13.9 Å². The van der Waals surface area contributed by atoms with Gasteiger partial charge in [0.15, 0.2) is 0 Å². The summed E-state index contributed by atoms with van der Waals surface area (Å²) < 4.78 is 25.2. The Labute approximate surface area is 125 Å². The van der Waals surface area contributed by atoms with Gasteiger partial charge >= 0.3 is 0 Å². The molecule has 0 fully saturated rings. The van der Waals surface area contributed by atoms with Crippen LogP contribution in [0.25, 0.3) is 0 Å². The molecule has 0 saturated carbocycles. The van der Waals surface area contributed by atoms with E-state index >= 15 is 0 Å². The molecule has 1 aliphatic rings. The van der Waals surface area contributed by atoms with Gasteiger partial charge in [-0.25, -0.2) is 4.39 Å². The Hall–Kier alpha value is -1.55. The number of hydrogen-bond acceptors (Lipinski definition) is 2. The highest BCUT2D eigenvalue weighted by Gasteiger charge is 2.21. The quantitative estimate of drug-likeness (QED) is 0.819. The Balaban J connectivity index is 1.71. The van der Waals surface area contributed by atoms with Crippen LogP contribution in [0.5, 0.6) is 11.5 Å². The lowest BCUT2D eigenvalue weighted by Gasteiger charge is -2.25. The van der Waals surface area contributed by atoms with Crippen molar-refractivity contribution in [3.05, 3.63) is 58.3 Å². The molecule has 20 heavy (non-hydrogen) atoms. The van der Waals surface area contributed by atoms with Crippen molar-refractivity contribution in [2.45, 2.75) is 12.3 Å². The summed E-state index contributed by atoms with van der Waals surface area (Å²) in [6, 6.07) is 12.8. The number of rotatable bonds is 3. The van der Waals surface area contributed by atoms with Crippen molar-refractivity contribution in [3.63, 3.8) is 0 Å². The number of halogens is 2. The van der Waals surface area contributed by atoms with Gasteiger partial charge in [-0.2, -0.15) is 0 Å². The van der Waals surface area contributed by atoms with Crippen LogP contribution in [-0.4, -0.2) is 13.2 Å². The van der Waals surface area contributed by atoms with Crippen molar-refractivity contribution in [2.75, 3.05) is 13.2 Å². The van der Waals surface area contributed by atoms with E-state index in [-0.39, 0.29) is 11.7 Å². The molecule has 2 nitrogen and oxygen atoms in total. The minimum absolute atomic E-state index is 0.284. The fourth-order valence-electron chi connectivity index (χ4n) is 2.35. The summed E-state index contributed by atoms with van der Waals surface area (Å²) in [5, 5.41) is 0. The van der Waals surface area contributed by atoms with E-state index in [2.05, 4.69) is 22.0 Å². The third-order valence-electron chi connectivity index (χ3n) is 3.42. The van der Waals surface area contributed by atoms with Crippen LogP contribution in [0.1, 0.15) is 17.9 Å². The Kier molecular flexibility index (Phi) is 3.92. The highest BCUT2D eigenvalue weighted by atomic mass is 79.9. The Bertz CT molecular complexity index is 615. The monoisotopic (exact) mass is 336 g/mol. The van der Waals surface area contributed by atoms with Gasteiger partial charge in [-0.3, -0.25) is 0 Å². The summed E-state index contributed by atoms with van der Waals surface area (Å²) in [6.45, 7) is 1.22. The van der Waals surface area contributed by atoms with Gasteiger partial charge in [-0.15, -0.1) is 0 Å². The van der Waals surface area contributed by atoms with Gasteiger partial charge in [0.2, 0.25) is 0 Å². The van der Waals surface area contributed by atoms with Crippen LogP contribution in [-0.2, 0) is 0 Å². The van der Waals surface area contributed by atoms with E-state index in [1.54, 1.807) is 12.1 Å². The normalized spacial score (nSPS) is 17.2. The fourth-order valence-corrected chi connectivity index (χ4v) is 2.60. The molecule has 0 amide bonds. The highest BCUT2D eigenvalue weighted by molar-refractivity contribution is 9.10. The summed E-state index contributed by atoms with van der Waals surface area (Å²) in [5.74, 6) is 1.45. The standard InChI is InChI=1S/C16H14BrFO2/c17-14-6-5-12(9-15(14)18)20-10-11-7-8-19-16-4-2-1-3-13(11)16/h1-6,9,11H,7-8,10H2. The van der Waals surface area contributed by atoms with Gasteiger partial charge in [0.05, 0.1) is 17.7 Å². The number of benzene rings is 2. The van der Waals surface area contributed by atoms with Gasteiger partial charge in [-0.05, 0) is 40.5 Å². The number of fused-ring (bicyclic) bond motifs is 1. The SMILES string of the molecule is Fc1cc(OCC2CCOc3ccccc32)ccc1Br. The molecule has 4 heteroatoms.